The van der Waals surface area contributed by atoms with E-state index in [1.165, 1.54) is 0 Å². The van der Waals surface area contributed by atoms with Crippen LogP contribution < -0.4 is 0 Å². The Morgan fingerprint density at radius 3 is 2.06 bits per heavy atom. The summed E-state index contributed by atoms with van der Waals surface area (Å²) in [5.41, 5.74) is -0.265. The second kappa shape index (κ2) is 4.46. The highest BCUT2D eigenvalue weighted by atomic mass is 19.1. The van der Waals surface area contributed by atoms with Crippen molar-refractivity contribution in [2.24, 2.45) is 0 Å². The normalized spacial score (nSPS) is 10.6. The van der Waals surface area contributed by atoms with Crippen LogP contribution in [0.4, 0.5) is 8.78 Å². The number of rotatable bonds is 2. The van der Waals surface area contributed by atoms with Crippen LogP contribution in [0.2, 0.25) is 0 Å². The Morgan fingerprint density at radius 2 is 1.59 bits per heavy atom. The molecule has 1 aromatic heterocycles. The molecule has 0 fully saturated rings. The van der Waals surface area contributed by atoms with Gasteiger partial charge < -0.3 is 5.11 Å². The van der Waals surface area contributed by atoms with Crippen molar-refractivity contribution in [3.8, 4) is 11.4 Å². The summed E-state index contributed by atoms with van der Waals surface area (Å²) in [7, 11) is 0. The molecule has 5 nitrogen and oxygen atoms in total. The SMILES string of the molecule is Cc1nnc(-c2cc(F)c(CO)c(F)c2)nn1. The fourth-order valence-electron chi connectivity index (χ4n) is 1.28. The monoisotopic (exact) mass is 238 g/mol. The van der Waals surface area contributed by atoms with Crippen molar-refractivity contribution in [2.45, 2.75) is 13.5 Å². The quantitative estimate of drug-likeness (QED) is 0.845. The van der Waals surface area contributed by atoms with E-state index in [-0.39, 0.29) is 17.0 Å². The minimum absolute atomic E-state index is 0.0258. The van der Waals surface area contributed by atoms with E-state index in [0.717, 1.165) is 12.1 Å². The smallest absolute Gasteiger partial charge is 0.203 e. The molecule has 1 N–H and O–H groups in total. The first-order valence-electron chi connectivity index (χ1n) is 4.75. The molecule has 1 aromatic carbocycles. The van der Waals surface area contributed by atoms with Gasteiger partial charge in [-0.25, -0.2) is 8.78 Å². The van der Waals surface area contributed by atoms with Crippen molar-refractivity contribution in [1.29, 1.82) is 0 Å². The highest BCUT2D eigenvalue weighted by Crippen LogP contribution is 2.21. The van der Waals surface area contributed by atoms with E-state index in [0.29, 0.717) is 5.82 Å². The third-order valence-electron chi connectivity index (χ3n) is 2.14. The number of benzene rings is 1. The molecule has 0 bridgehead atoms. The Bertz CT molecular complexity index is 521. The predicted molar refractivity (Wildman–Crippen MR) is 53.6 cm³/mol. The minimum atomic E-state index is -0.855. The topological polar surface area (TPSA) is 71.8 Å². The lowest BCUT2D eigenvalue weighted by molar-refractivity contribution is 0.269. The lowest BCUT2D eigenvalue weighted by Crippen LogP contribution is -2.01. The van der Waals surface area contributed by atoms with Gasteiger partial charge in [0.05, 0.1) is 6.61 Å². The van der Waals surface area contributed by atoms with Gasteiger partial charge >= 0.3 is 0 Å². The average Bonchev–Trinajstić information content (AvgIpc) is 2.29. The van der Waals surface area contributed by atoms with Crippen LogP contribution in [0.1, 0.15) is 11.4 Å². The van der Waals surface area contributed by atoms with Gasteiger partial charge in [-0.05, 0) is 19.1 Å². The van der Waals surface area contributed by atoms with Crippen LogP contribution in [0.25, 0.3) is 11.4 Å². The van der Waals surface area contributed by atoms with Gasteiger partial charge in [-0.15, -0.1) is 20.4 Å². The lowest BCUT2D eigenvalue weighted by atomic mass is 10.1. The molecule has 0 aliphatic rings. The number of halogens is 2. The Kier molecular flexibility index (Phi) is 3.01. The van der Waals surface area contributed by atoms with Crippen LogP contribution in [-0.4, -0.2) is 25.5 Å². The summed E-state index contributed by atoms with van der Waals surface area (Å²) in [5.74, 6) is -1.32. The number of nitrogens with zero attached hydrogens (tertiary/aromatic N) is 4. The zero-order valence-electron chi connectivity index (χ0n) is 8.85. The van der Waals surface area contributed by atoms with E-state index in [9.17, 15) is 8.78 Å². The maximum Gasteiger partial charge on any atom is 0.203 e. The van der Waals surface area contributed by atoms with Gasteiger partial charge in [-0.1, -0.05) is 0 Å². The van der Waals surface area contributed by atoms with Crippen molar-refractivity contribution >= 4 is 0 Å². The van der Waals surface area contributed by atoms with Crippen molar-refractivity contribution in [1.82, 2.24) is 20.4 Å². The fraction of sp³-hybridized carbons (Fsp3) is 0.200. The number of aliphatic hydroxyl groups excluding tert-OH is 1. The largest absolute Gasteiger partial charge is 0.391 e. The first-order valence-corrected chi connectivity index (χ1v) is 4.75. The number of hydrogen-bond acceptors (Lipinski definition) is 5. The molecule has 0 aliphatic carbocycles. The number of aliphatic hydroxyl groups is 1. The molecule has 0 saturated carbocycles. The lowest BCUT2D eigenvalue weighted by Gasteiger charge is -2.04. The second-order valence-corrected chi connectivity index (χ2v) is 3.35. The molecule has 0 unspecified atom stereocenters. The van der Waals surface area contributed by atoms with E-state index in [2.05, 4.69) is 20.4 Å². The molecule has 17 heavy (non-hydrogen) atoms. The molecule has 7 heteroatoms. The van der Waals surface area contributed by atoms with Crippen molar-refractivity contribution in [3.63, 3.8) is 0 Å². The number of aromatic nitrogens is 4. The fourth-order valence-corrected chi connectivity index (χ4v) is 1.28. The minimum Gasteiger partial charge on any atom is -0.391 e. The molecule has 2 aromatic rings. The Balaban J connectivity index is 2.50. The maximum absolute atomic E-state index is 13.4. The van der Waals surface area contributed by atoms with Gasteiger partial charge in [0.2, 0.25) is 5.82 Å². The second-order valence-electron chi connectivity index (χ2n) is 3.35. The Labute approximate surface area is 95.2 Å². The van der Waals surface area contributed by atoms with Crippen LogP contribution in [-0.2, 0) is 6.61 Å². The third-order valence-corrected chi connectivity index (χ3v) is 2.14. The van der Waals surface area contributed by atoms with Gasteiger partial charge in [0.1, 0.15) is 11.6 Å². The molecule has 0 amide bonds. The molecule has 0 spiro atoms. The van der Waals surface area contributed by atoms with Gasteiger partial charge in [0.25, 0.3) is 0 Å². The molecule has 1 heterocycles. The maximum atomic E-state index is 13.4. The van der Waals surface area contributed by atoms with Crippen LogP contribution in [0, 0.1) is 18.6 Å². The van der Waals surface area contributed by atoms with Crippen molar-refractivity contribution in [3.05, 3.63) is 35.2 Å². The molecule has 2 rings (SSSR count). The zero-order valence-corrected chi connectivity index (χ0v) is 8.85. The van der Waals surface area contributed by atoms with E-state index in [1.54, 1.807) is 6.92 Å². The number of hydrogen-bond donors (Lipinski definition) is 1. The summed E-state index contributed by atoms with van der Waals surface area (Å²) in [5, 5.41) is 23.4. The molecule has 0 aliphatic heterocycles. The third kappa shape index (κ3) is 2.23. The summed E-state index contributed by atoms with van der Waals surface area (Å²) >= 11 is 0. The summed E-state index contributed by atoms with van der Waals surface area (Å²) < 4.78 is 26.8. The molecule has 0 saturated heterocycles. The van der Waals surface area contributed by atoms with Gasteiger partial charge in [0, 0.05) is 11.1 Å². The standard InChI is InChI=1S/C10H8F2N4O/c1-5-13-15-10(16-14-5)6-2-8(11)7(4-17)9(12)3-6/h2-3,17H,4H2,1H3. The van der Waals surface area contributed by atoms with Crippen LogP contribution in [0.5, 0.6) is 0 Å². The first-order chi connectivity index (χ1) is 8.11. The molecular formula is C10H8F2N4O. The summed E-state index contributed by atoms with van der Waals surface area (Å²) in [6.45, 7) is 0.892. The highest BCUT2D eigenvalue weighted by Gasteiger charge is 2.13. The highest BCUT2D eigenvalue weighted by molar-refractivity contribution is 5.54. The van der Waals surface area contributed by atoms with E-state index >= 15 is 0 Å². The predicted octanol–water partition coefficient (Wildman–Crippen LogP) is 1.01. The average molecular weight is 238 g/mol. The summed E-state index contributed by atoms with van der Waals surface area (Å²) in [4.78, 5) is 0. The summed E-state index contributed by atoms with van der Waals surface area (Å²) in [6, 6.07) is 2.06. The van der Waals surface area contributed by atoms with Crippen LogP contribution in [0.15, 0.2) is 12.1 Å². The van der Waals surface area contributed by atoms with Crippen LogP contribution >= 0.6 is 0 Å². The summed E-state index contributed by atoms with van der Waals surface area (Å²) in [6.07, 6.45) is 0. The molecule has 0 atom stereocenters. The Hall–Kier alpha value is -2.02. The van der Waals surface area contributed by atoms with Crippen molar-refractivity contribution < 1.29 is 13.9 Å². The van der Waals surface area contributed by atoms with Crippen LogP contribution in [0.3, 0.4) is 0 Å². The van der Waals surface area contributed by atoms with Gasteiger partial charge in [-0.3, -0.25) is 0 Å². The van der Waals surface area contributed by atoms with E-state index in [1.807, 2.05) is 0 Å². The van der Waals surface area contributed by atoms with Gasteiger partial charge in [0.15, 0.2) is 5.82 Å². The Morgan fingerprint density at radius 1 is 1.06 bits per heavy atom. The zero-order chi connectivity index (χ0) is 12.4. The van der Waals surface area contributed by atoms with Gasteiger partial charge in [-0.2, -0.15) is 0 Å². The first kappa shape index (κ1) is 11.5. The van der Waals surface area contributed by atoms with E-state index < -0.39 is 18.2 Å². The number of aryl methyl sites for hydroxylation is 1. The molecule has 88 valence electrons. The molecule has 0 radical (unpaired) electrons. The van der Waals surface area contributed by atoms with Crippen molar-refractivity contribution in [2.75, 3.05) is 0 Å². The molecular weight excluding hydrogens is 230 g/mol. The van der Waals surface area contributed by atoms with E-state index in [4.69, 9.17) is 5.11 Å².